The molecule has 1 aliphatic rings. The van der Waals surface area contributed by atoms with Crippen LogP contribution in [0.3, 0.4) is 0 Å². The summed E-state index contributed by atoms with van der Waals surface area (Å²) in [5.74, 6) is -2.88. The summed E-state index contributed by atoms with van der Waals surface area (Å²) in [5.41, 5.74) is -0.393. The van der Waals surface area contributed by atoms with Crippen LogP contribution in [0.1, 0.15) is 32.3 Å². The van der Waals surface area contributed by atoms with Crippen LogP contribution < -0.4 is 5.32 Å². The van der Waals surface area contributed by atoms with Crippen molar-refractivity contribution in [3.05, 3.63) is 35.6 Å². The van der Waals surface area contributed by atoms with Crippen LogP contribution in [-0.4, -0.2) is 28.3 Å². The second-order valence-electron chi connectivity index (χ2n) is 5.62. The van der Waals surface area contributed by atoms with E-state index in [-0.39, 0.29) is 0 Å². The van der Waals surface area contributed by atoms with Crippen molar-refractivity contribution in [2.45, 2.75) is 32.2 Å². The van der Waals surface area contributed by atoms with E-state index in [9.17, 15) is 18.8 Å². The number of urea groups is 1. The fraction of sp³-hybridized carbons (Fsp3) is 0.357. The largest absolute Gasteiger partial charge is 0.331 e. The predicted molar refractivity (Wildman–Crippen MR) is 69.3 cm³/mol. The molecule has 0 radical (unpaired) electrons. The lowest BCUT2D eigenvalue weighted by atomic mass is 9.92. The van der Waals surface area contributed by atoms with Gasteiger partial charge in [-0.25, -0.2) is 9.18 Å². The number of benzene rings is 1. The molecule has 6 heteroatoms. The molecule has 20 heavy (non-hydrogen) atoms. The molecule has 1 fully saturated rings. The minimum atomic E-state index is -1.13. The molecule has 1 saturated heterocycles. The molecule has 1 aliphatic heterocycles. The third kappa shape index (κ3) is 2.41. The van der Waals surface area contributed by atoms with Gasteiger partial charge in [-0.3, -0.25) is 19.8 Å². The van der Waals surface area contributed by atoms with Crippen LogP contribution >= 0.6 is 0 Å². The molecule has 1 heterocycles. The fourth-order valence-corrected chi connectivity index (χ4v) is 2.16. The topological polar surface area (TPSA) is 66.5 Å². The smallest absolute Gasteiger partial charge is 0.277 e. The number of hydrogen-bond donors (Lipinski definition) is 1. The van der Waals surface area contributed by atoms with Crippen LogP contribution in [0.5, 0.6) is 0 Å². The summed E-state index contributed by atoms with van der Waals surface area (Å²) in [7, 11) is 0. The van der Waals surface area contributed by atoms with Gasteiger partial charge in [0.2, 0.25) is 11.8 Å². The second-order valence-corrected chi connectivity index (χ2v) is 5.62. The Kier molecular flexibility index (Phi) is 3.33. The minimum absolute atomic E-state index is 0.357. The highest BCUT2D eigenvalue weighted by Gasteiger charge is 2.45. The zero-order valence-electron chi connectivity index (χ0n) is 11.4. The Hall–Kier alpha value is -2.24. The van der Waals surface area contributed by atoms with Gasteiger partial charge in [-0.15, -0.1) is 0 Å². The van der Waals surface area contributed by atoms with Gasteiger partial charge in [0, 0.05) is 5.54 Å². The lowest BCUT2D eigenvalue weighted by molar-refractivity contribution is -0.141. The van der Waals surface area contributed by atoms with E-state index < -0.39 is 35.1 Å². The van der Waals surface area contributed by atoms with Gasteiger partial charge in [-0.1, -0.05) is 12.1 Å². The van der Waals surface area contributed by atoms with Crippen molar-refractivity contribution >= 4 is 17.8 Å². The van der Waals surface area contributed by atoms with Crippen LogP contribution in [0.2, 0.25) is 0 Å². The summed E-state index contributed by atoms with van der Waals surface area (Å²) < 4.78 is 12.9. The van der Waals surface area contributed by atoms with Crippen molar-refractivity contribution in [2.24, 2.45) is 0 Å². The number of carbonyl (C=O) groups excluding carboxylic acids is 3. The molecular weight excluding hydrogens is 263 g/mol. The van der Waals surface area contributed by atoms with E-state index in [4.69, 9.17) is 0 Å². The van der Waals surface area contributed by atoms with E-state index >= 15 is 0 Å². The molecule has 4 amide bonds. The lowest BCUT2D eigenvalue weighted by Crippen LogP contribution is -2.62. The Morgan fingerprint density at radius 3 is 2.15 bits per heavy atom. The van der Waals surface area contributed by atoms with Crippen LogP contribution in [0.15, 0.2) is 24.3 Å². The molecule has 0 aliphatic carbocycles. The number of hydrogen-bond acceptors (Lipinski definition) is 3. The lowest BCUT2D eigenvalue weighted by Gasteiger charge is -2.38. The molecule has 0 bridgehead atoms. The third-order valence-corrected chi connectivity index (χ3v) is 3.04. The van der Waals surface area contributed by atoms with E-state index in [1.54, 1.807) is 20.8 Å². The third-order valence-electron chi connectivity index (χ3n) is 3.04. The molecule has 2 rings (SSSR count). The number of imide groups is 2. The Balaban J connectivity index is 2.42. The first-order chi connectivity index (χ1) is 9.21. The summed E-state index contributed by atoms with van der Waals surface area (Å²) >= 11 is 0. The molecule has 5 nitrogen and oxygen atoms in total. The minimum Gasteiger partial charge on any atom is -0.277 e. The number of carbonyl (C=O) groups is 3. The standard InChI is InChI=1S/C14H15FN2O3/c1-14(2,3)17-12(19)10(11(18)16-13(17)20)8-4-6-9(15)7-5-8/h4-7,10H,1-3H3,(H,16,18,20). The monoisotopic (exact) mass is 278 g/mol. The molecule has 106 valence electrons. The Morgan fingerprint density at radius 1 is 1.10 bits per heavy atom. The predicted octanol–water partition coefficient (Wildman–Crippen LogP) is 1.79. The number of nitrogens with one attached hydrogen (secondary N) is 1. The van der Waals surface area contributed by atoms with Gasteiger partial charge in [0.15, 0.2) is 0 Å². The van der Waals surface area contributed by atoms with Crippen LogP contribution in [-0.2, 0) is 9.59 Å². The molecule has 1 N–H and O–H groups in total. The van der Waals surface area contributed by atoms with Crippen molar-refractivity contribution in [2.75, 3.05) is 0 Å². The van der Waals surface area contributed by atoms with Crippen molar-refractivity contribution in [1.29, 1.82) is 0 Å². The highest BCUT2D eigenvalue weighted by atomic mass is 19.1. The first kappa shape index (κ1) is 14.2. The highest BCUT2D eigenvalue weighted by Crippen LogP contribution is 2.27. The Labute approximate surface area is 115 Å². The fourth-order valence-electron chi connectivity index (χ4n) is 2.16. The van der Waals surface area contributed by atoms with Gasteiger partial charge >= 0.3 is 6.03 Å². The molecule has 0 aromatic heterocycles. The van der Waals surface area contributed by atoms with Crippen LogP contribution in [0.4, 0.5) is 9.18 Å². The molecule has 1 atom stereocenters. The van der Waals surface area contributed by atoms with Crippen LogP contribution in [0, 0.1) is 5.82 Å². The maximum absolute atomic E-state index is 12.9. The Bertz CT molecular complexity index is 575. The molecule has 1 aromatic rings. The van der Waals surface area contributed by atoms with Gasteiger partial charge in [0.25, 0.3) is 0 Å². The zero-order chi connectivity index (χ0) is 15.1. The first-order valence-corrected chi connectivity index (χ1v) is 6.16. The number of amides is 4. The molecular formula is C14H15FN2O3. The van der Waals surface area contributed by atoms with Gasteiger partial charge in [0.1, 0.15) is 11.7 Å². The summed E-state index contributed by atoms with van der Waals surface area (Å²) in [6, 6.07) is 4.36. The summed E-state index contributed by atoms with van der Waals surface area (Å²) in [5, 5.41) is 2.16. The van der Waals surface area contributed by atoms with Crippen molar-refractivity contribution in [3.8, 4) is 0 Å². The van der Waals surface area contributed by atoms with Crippen molar-refractivity contribution in [3.63, 3.8) is 0 Å². The number of barbiturate groups is 1. The summed E-state index contributed by atoms with van der Waals surface area (Å²) in [6.45, 7) is 5.09. The zero-order valence-corrected chi connectivity index (χ0v) is 11.4. The molecule has 0 saturated carbocycles. The molecule has 1 aromatic carbocycles. The first-order valence-electron chi connectivity index (χ1n) is 6.16. The Morgan fingerprint density at radius 2 is 1.65 bits per heavy atom. The quantitative estimate of drug-likeness (QED) is 0.796. The summed E-state index contributed by atoms with van der Waals surface area (Å²) in [4.78, 5) is 37.2. The summed E-state index contributed by atoms with van der Waals surface area (Å²) in [6.07, 6.45) is 0. The van der Waals surface area contributed by atoms with Gasteiger partial charge in [-0.2, -0.15) is 0 Å². The number of halogens is 1. The number of nitrogens with zero attached hydrogens (tertiary/aromatic N) is 1. The van der Waals surface area contributed by atoms with Gasteiger partial charge in [0.05, 0.1) is 0 Å². The van der Waals surface area contributed by atoms with E-state index in [0.717, 1.165) is 4.90 Å². The van der Waals surface area contributed by atoms with Crippen molar-refractivity contribution < 1.29 is 18.8 Å². The highest BCUT2D eigenvalue weighted by molar-refractivity contribution is 6.19. The molecule has 1 unspecified atom stereocenters. The van der Waals surface area contributed by atoms with E-state index in [1.165, 1.54) is 24.3 Å². The van der Waals surface area contributed by atoms with Gasteiger partial charge < -0.3 is 0 Å². The average Bonchev–Trinajstić information content (AvgIpc) is 2.28. The maximum atomic E-state index is 12.9. The van der Waals surface area contributed by atoms with E-state index in [2.05, 4.69) is 5.32 Å². The van der Waals surface area contributed by atoms with E-state index in [1.807, 2.05) is 0 Å². The SMILES string of the molecule is CC(C)(C)N1C(=O)NC(=O)C(c2ccc(F)cc2)C1=O. The average molecular weight is 278 g/mol. The molecule has 0 spiro atoms. The number of rotatable bonds is 1. The normalized spacial score (nSPS) is 20.1. The van der Waals surface area contributed by atoms with Crippen molar-refractivity contribution in [1.82, 2.24) is 10.2 Å². The van der Waals surface area contributed by atoms with E-state index in [0.29, 0.717) is 5.56 Å². The van der Waals surface area contributed by atoms with Gasteiger partial charge in [-0.05, 0) is 38.5 Å². The maximum Gasteiger partial charge on any atom is 0.331 e. The second kappa shape index (κ2) is 4.70. The van der Waals surface area contributed by atoms with Crippen LogP contribution in [0.25, 0.3) is 0 Å².